The van der Waals surface area contributed by atoms with E-state index in [1.165, 1.54) is 23.9 Å². The van der Waals surface area contributed by atoms with Gasteiger partial charge in [0, 0.05) is 26.8 Å². The third-order valence-electron chi connectivity index (χ3n) is 3.23. The first kappa shape index (κ1) is 14.9. The number of carbonyl (C=O) groups is 1. The first-order chi connectivity index (χ1) is 9.29. The molecule has 1 aromatic heterocycles. The molecule has 0 spiro atoms. The molecule has 2 heterocycles. The number of ether oxygens (including phenoxy) is 1. The van der Waals surface area contributed by atoms with Gasteiger partial charge in [0.25, 0.3) is 15.9 Å². The van der Waals surface area contributed by atoms with Gasteiger partial charge in [0.15, 0.2) is 10.6 Å². The van der Waals surface area contributed by atoms with E-state index in [2.05, 4.69) is 10.3 Å². The molecule has 1 saturated heterocycles. The lowest BCUT2D eigenvalue weighted by Crippen LogP contribution is -2.58. The highest BCUT2D eigenvalue weighted by molar-refractivity contribution is 7.89. The lowest BCUT2D eigenvalue weighted by Gasteiger charge is -2.37. The fraction of sp³-hybridized carbons (Fsp3) is 0.636. The van der Waals surface area contributed by atoms with Crippen molar-refractivity contribution in [3.05, 3.63) is 12.5 Å². The number of hydrogen-bond acceptors (Lipinski definition) is 5. The van der Waals surface area contributed by atoms with Crippen LogP contribution in [0.25, 0.3) is 0 Å². The molecule has 0 aliphatic carbocycles. The van der Waals surface area contributed by atoms with Crippen molar-refractivity contribution in [3.63, 3.8) is 0 Å². The standard InChI is InChI=1S/C11H18N4O4S/c1-11(10(16)12-2)7-15(4-5-19-11)20(17,18)9-6-14(3)8-13-9/h6,8H,4-5,7H2,1-3H3,(H,12,16)/t11-/m1/s1. The van der Waals surface area contributed by atoms with Crippen LogP contribution < -0.4 is 5.32 Å². The smallest absolute Gasteiger partial charge is 0.262 e. The maximum atomic E-state index is 12.5. The molecule has 0 radical (unpaired) electrons. The van der Waals surface area contributed by atoms with Crippen molar-refractivity contribution in [3.8, 4) is 0 Å². The van der Waals surface area contributed by atoms with Crippen LogP contribution in [-0.2, 0) is 26.6 Å². The number of sulfonamides is 1. The Morgan fingerprint density at radius 1 is 1.55 bits per heavy atom. The van der Waals surface area contributed by atoms with Gasteiger partial charge in [0.1, 0.15) is 0 Å². The minimum atomic E-state index is -3.71. The van der Waals surface area contributed by atoms with Gasteiger partial charge in [-0.25, -0.2) is 13.4 Å². The Morgan fingerprint density at radius 3 is 2.80 bits per heavy atom. The summed E-state index contributed by atoms with van der Waals surface area (Å²) in [6.07, 6.45) is 2.85. The van der Waals surface area contributed by atoms with Crippen LogP contribution >= 0.6 is 0 Å². The number of rotatable bonds is 3. The topological polar surface area (TPSA) is 93.5 Å². The van der Waals surface area contributed by atoms with E-state index in [1.54, 1.807) is 18.5 Å². The van der Waals surface area contributed by atoms with E-state index in [0.717, 1.165) is 0 Å². The van der Waals surface area contributed by atoms with Gasteiger partial charge in [-0.05, 0) is 6.92 Å². The zero-order valence-electron chi connectivity index (χ0n) is 11.7. The molecule has 8 nitrogen and oxygen atoms in total. The normalized spacial score (nSPS) is 24.6. The number of amides is 1. The zero-order chi connectivity index (χ0) is 15.0. The predicted octanol–water partition coefficient (Wildman–Crippen LogP) is -1.05. The number of hydrogen-bond donors (Lipinski definition) is 1. The lowest BCUT2D eigenvalue weighted by molar-refractivity contribution is -0.151. The van der Waals surface area contributed by atoms with Crippen LogP contribution in [0.5, 0.6) is 0 Å². The molecular formula is C11H18N4O4S. The Kier molecular flexibility index (Phi) is 3.85. The fourth-order valence-corrected chi connectivity index (χ4v) is 3.57. The Hall–Kier alpha value is -1.45. The number of morpholine rings is 1. The summed E-state index contributed by atoms with van der Waals surface area (Å²) < 4.78 is 33.2. The number of likely N-dealkylation sites (N-methyl/N-ethyl adjacent to an activating group) is 1. The summed E-state index contributed by atoms with van der Waals surface area (Å²) in [6.45, 7) is 1.90. The second-order valence-electron chi connectivity index (χ2n) is 4.87. The average Bonchev–Trinajstić information content (AvgIpc) is 2.85. The maximum Gasteiger partial charge on any atom is 0.262 e. The minimum Gasteiger partial charge on any atom is -0.363 e. The molecule has 2 rings (SSSR count). The molecule has 0 aromatic carbocycles. The molecule has 1 aliphatic heterocycles. The molecule has 0 bridgehead atoms. The molecule has 0 saturated carbocycles. The number of aryl methyl sites for hydroxylation is 1. The number of aromatic nitrogens is 2. The van der Waals surface area contributed by atoms with E-state index in [4.69, 9.17) is 4.74 Å². The van der Waals surface area contributed by atoms with Gasteiger partial charge in [-0.3, -0.25) is 4.79 Å². The first-order valence-electron chi connectivity index (χ1n) is 6.14. The van der Waals surface area contributed by atoms with Crippen molar-refractivity contribution in [2.75, 3.05) is 26.7 Å². The number of nitrogens with one attached hydrogen (secondary N) is 1. The van der Waals surface area contributed by atoms with Crippen molar-refractivity contribution in [1.29, 1.82) is 0 Å². The minimum absolute atomic E-state index is 0.0267. The second kappa shape index (κ2) is 5.15. The second-order valence-corrected chi connectivity index (χ2v) is 6.76. The summed E-state index contributed by atoms with van der Waals surface area (Å²) in [5.41, 5.74) is -1.19. The van der Waals surface area contributed by atoms with Gasteiger partial charge >= 0.3 is 0 Å². The monoisotopic (exact) mass is 302 g/mol. The van der Waals surface area contributed by atoms with E-state index in [0.29, 0.717) is 0 Å². The van der Waals surface area contributed by atoms with Gasteiger partial charge in [-0.15, -0.1) is 0 Å². The summed E-state index contributed by atoms with van der Waals surface area (Å²) in [4.78, 5) is 15.7. The Morgan fingerprint density at radius 2 is 2.25 bits per heavy atom. The molecule has 1 N–H and O–H groups in total. The Bertz CT molecular complexity index is 612. The van der Waals surface area contributed by atoms with E-state index in [-0.39, 0.29) is 30.6 Å². The quantitative estimate of drug-likeness (QED) is 0.768. The van der Waals surface area contributed by atoms with Gasteiger partial charge in [0.05, 0.1) is 19.5 Å². The maximum absolute atomic E-state index is 12.5. The van der Waals surface area contributed by atoms with Crippen LogP contribution in [0.1, 0.15) is 6.92 Å². The van der Waals surface area contributed by atoms with E-state index in [9.17, 15) is 13.2 Å². The van der Waals surface area contributed by atoms with Gasteiger partial charge in [-0.2, -0.15) is 4.31 Å². The molecule has 112 valence electrons. The highest BCUT2D eigenvalue weighted by atomic mass is 32.2. The summed E-state index contributed by atoms with van der Waals surface area (Å²) >= 11 is 0. The fourth-order valence-electron chi connectivity index (χ4n) is 2.10. The summed E-state index contributed by atoms with van der Waals surface area (Å²) in [6, 6.07) is 0. The molecular weight excluding hydrogens is 284 g/mol. The van der Waals surface area contributed by atoms with Gasteiger partial charge < -0.3 is 14.6 Å². The Labute approximate surface area is 117 Å². The van der Waals surface area contributed by atoms with Crippen LogP contribution in [-0.4, -0.2) is 60.5 Å². The van der Waals surface area contributed by atoms with Crippen molar-refractivity contribution in [2.45, 2.75) is 17.6 Å². The molecule has 1 aliphatic rings. The van der Waals surface area contributed by atoms with Crippen LogP contribution in [0.3, 0.4) is 0 Å². The molecule has 1 fully saturated rings. The van der Waals surface area contributed by atoms with Crippen molar-refractivity contribution in [1.82, 2.24) is 19.2 Å². The largest absolute Gasteiger partial charge is 0.363 e. The van der Waals surface area contributed by atoms with E-state index >= 15 is 0 Å². The summed E-state index contributed by atoms with van der Waals surface area (Å²) in [7, 11) is -0.529. The summed E-state index contributed by atoms with van der Waals surface area (Å²) in [5.74, 6) is -0.349. The zero-order valence-corrected chi connectivity index (χ0v) is 12.5. The van der Waals surface area contributed by atoms with E-state index < -0.39 is 15.6 Å². The van der Waals surface area contributed by atoms with Crippen molar-refractivity contribution >= 4 is 15.9 Å². The SMILES string of the molecule is CNC(=O)[C@@]1(C)CN(S(=O)(=O)c2cn(C)cn2)CCO1. The highest BCUT2D eigenvalue weighted by Gasteiger charge is 2.43. The van der Waals surface area contributed by atoms with Crippen LogP contribution in [0, 0.1) is 0 Å². The number of nitrogens with zero attached hydrogens (tertiary/aromatic N) is 3. The molecule has 20 heavy (non-hydrogen) atoms. The molecule has 1 aromatic rings. The van der Waals surface area contributed by atoms with Crippen LogP contribution in [0.15, 0.2) is 17.6 Å². The summed E-state index contributed by atoms with van der Waals surface area (Å²) in [5, 5.41) is 2.46. The molecule has 1 amide bonds. The predicted molar refractivity (Wildman–Crippen MR) is 70.4 cm³/mol. The third-order valence-corrected chi connectivity index (χ3v) is 4.96. The molecule has 1 atom stereocenters. The molecule has 9 heteroatoms. The van der Waals surface area contributed by atoms with Gasteiger partial charge in [0.2, 0.25) is 0 Å². The van der Waals surface area contributed by atoms with Crippen molar-refractivity contribution < 1.29 is 17.9 Å². The Balaban J connectivity index is 2.27. The third kappa shape index (κ3) is 2.56. The van der Waals surface area contributed by atoms with Crippen LogP contribution in [0.2, 0.25) is 0 Å². The number of carbonyl (C=O) groups excluding carboxylic acids is 1. The number of imidazole rings is 1. The first-order valence-corrected chi connectivity index (χ1v) is 7.58. The lowest BCUT2D eigenvalue weighted by atomic mass is 10.0. The average molecular weight is 302 g/mol. The van der Waals surface area contributed by atoms with Gasteiger partial charge in [-0.1, -0.05) is 0 Å². The highest BCUT2D eigenvalue weighted by Crippen LogP contribution is 2.23. The van der Waals surface area contributed by atoms with E-state index in [1.807, 2.05) is 0 Å². The molecule has 0 unspecified atom stereocenters. The van der Waals surface area contributed by atoms with Crippen molar-refractivity contribution in [2.24, 2.45) is 7.05 Å². The van der Waals surface area contributed by atoms with Crippen LogP contribution in [0.4, 0.5) is 0 Å².